The predicted molar refractivity (Wildman–Crippen MR) is 70.6 cm³/mol. The number of hydrogen-bond donors (Lipinski definition) is 2. The molecule has 1 saturated carbocycles. The van der Waals surface area contributed by atoms with Crippen molar-refractivity contribution in [3.8, 4) is 0 Å². The zero-order chi connectivity index (χ0) is 12.2. The average Bonchev–Trinajstić information content (AvgIpc) is 2.28. The maximum Gasteiger partial charge on any atom is 0.240 e. The van der Waals surface area contributed by atoms with Gasteiger partial charge in [-0.15, -0.1) is 0 Å². The Balaban J connectivity index is 2.46. The Morgan fingerprint density at radius 2 is 2.00 bits per heavy atom. The van der Waals surface area contributed by atoms with Crippen molar-refractivity contribution in [2.75, 3.05) is 12.8 Å². The molecule has 0 spiro atoms. The van der Waals surface area contributed by atoms with Crippen LogP contribution in [0.25, 0.3) is 0 Å². The maximum absolute atomic E-state index is 11.9. The molecule has 1 aliphatic carbocycles. The molecule has 94 valence electrons. The SMILES string of the molecule is CCC(CC)(CNC(=O)C1(N)CCC1)SC. The van der Waals surface area contributed by atoms with E-state index in [9.17, 15) is 4.79 Å². The van der Waals surface area contributed by atoms with Crippen molar-refractivity contribution in [1.82, 2.24) is 5.32 Å². The predicted octanol–water partition coefficient (Wildman–Crippen LogP) is 1.91. The molecular formula is C12H24N2OS. The van der Waals surface area contributed by atoms with Crippen molar-refractivity contribution in [1.29, 1.82) is 0 Å². The standard InChI is InChI=1S/C12H24N2OS/c1-4-11(5-2,16-3)9-14-10(15)12(13)7-6-8-12/h4-9,13H2,1-3H3,(H,14,15). The molecule has 0 saturated heterocycles. The van der Waals surface area contributed by atoms with E-state index >= 15 is 0 Å². The summed E-state index contributed by atoms with van der Waals surface area (Å²) in [4.78, 5) is 11.9. The number of nitrogens with two attached hydrogens (primary N) is 1. The van der Waals surface area contributed by atoms with E-state index in [0.717, 1.165) is 38.6 Å². The van der Waals surface area contributed by atoms with Gasteiger partial charge in [0.2, 0.25) is 5.91 Å². The van der Waals surface area contributed by atoms with E-state index in [-0.39, 0.29) is 10.7 Å². The van der Waals surface area contributed by atoms with Gasteiger partial charge in [0.1, 0.15) is 0 Å². The number of thioether (sulfide) groups is 1. The van der Waals surface area contributed by atoms with E-state index in [1.807, 2.05) is 11.8 Å². The van der Waals surface area contributed by atoms with Crippen LogP contribution in [0.4, 0.5) is 0 Å². The van der Waals surface area contributed by atoms with E-state index in [1.54, 1.807) is 0 Å². The van der Waals surface area contributed by atoms with Crippen molar-refractivity contribution in [2.45, 2.75) is 56.2 Å². The molecule has 1 rings (SSSR count). The molecule has 3 N–H and O–H groups in total. The van der Waals surface area contributed by atoms with Crippen molar-refractivity contribution in [3.05, 3.63) is 0 Å². The van der Waals surface area contributed by atoms with E-state index in [0.29, 0.717) is 0 Å². The Kier molecular flexibility index (Phi) is 4.68. The zero-order valence-corrected chi connectivity index (χ0v) is 11.5. The second-order valence-corrected chi connectivity index (χ2v) is 6.06. The van der Waals surface area contributed by atoms with Crippen LogP contribution in [0.15, 0.2) is 0 Å². The summed E-state index contributed by atoms with van der Waals surface area (Å²) in [6.07, 6.45) is 7.01. The number of carbonyl (C=O) groups is 1. The highest BCUT2D eigenvalue weighted by molar-refractivity contribution is 8.00. The topological polar surface area (TPSA) is 55.1 Å². The van der Waals surface area contributed by atoms with Gasteiger partial charge < -0.3 is 11.1 Å². The molecule has 0 aromatic rings. The van der Waals surface area contributed by atoms with Gasteiger partial charge in [-0.25, -0.2) is 0 Å². The lowest BCUT2D eigenvalue weighted by Crippen LogP contribution is -2.60. The molecule has 3 nitrogen and oxygen atoms in total. The molecule has 1 aliphatic rings. The first-order valence-electron chi connectivity index (χ1n) is 6.14. The fourth-order valence-corrected chi connectivity index (χ4v) is 2.86. The van der Waals surface area contributed by atoms with Crippen LogP contribution in [0.5, 0.6) is 0 Å². The van der Waals surface area contributed by atoms with Gasteiger partial charge in [-0.1, -0.05) is 13.8 Å². The quantitative estimate of drug-likeness (QED) is 0.750. The lowest BCUT2D eigenvalue weighted by Gasteiger charge is -2.38. The summed E-state index contributed by atoms with van der Waals surface area (Å²) >= 11 is 1.84. The van der Waals surface area contributed by atoms with E-state index in [4.69, 9.17) is 5.73 Å². The van der Waals surface area contributed by atoms with Crippen LogP contribution in [0, 0.1) is 0 Å². The number of carbonyl (C=O) groups excluding carboxylic acids is 1. The summed E-state index contributed by atoms with van der Waals surface area (Å²) in [5.74, 6) is 0.0408. The van der Waals surface area contributed by atoms with E-state index in [2.05, 4.69) is 25.4 Å². The Morgan fingerprint density at radius 3 is 2.31 bits per heavy atom. The molecule has 0 aromatic carbocycles. The summed E-state index contributed by atoms with van der Waals surface area (Å²) < 4.78 is 0.176. The molecule has 0 aliphatic heterocycles. The number of hydrogen-bond acceptors (Lipinski definition) is 3. The lowest BCUT2D eigenvalue weighted by atomic mass is 9.77. The molecule has 0 atom stereocenters. The first-order chi connectivity index (χ1) is 7.52. The van der Waals surface area contributed by atoms with E-state index in [1.165, 1.54) is 0 Å². The Labute approximate surface area is 103 Å². The van der Waals surface area contributed by atoms with Gasteiger partial charge in [0.05, 0.1) is 5.54 Å². The second kappa shape index (κ2) is 5.41. The van der Waals surface area contributed by atoms with Crippen LogP contribution >= 0.6 is 11.8 Å². The first kappa shape index (κ1) is 13.8. The van der Waals surface area contributed by atoms with Crippen molar-refractivity contribution >= 4 is 17.7 Å². The number of amides is 1. The summed E-state index contributed by atoms with van der Waals surface area (Å²) in [7, 11) is 0. The van der Waals surface area contributed by atoms with Gasteiger partial charge in [0.25, 0.3) is 0 Å². The molecule has 0 aromatic heterocycles. The zero-order valence-electron chi connectivity index (χ0n) is 10.6. The molecule has 0 radical (unpaired) electrons. The largest absolute Gasteiger partial charge is 0.353 e. The van der Waals surface area contributed by atoms with Gasteiger partial charge in [-0.3, -0.25) is 4.79 Å². The summed E-state index contributed by atoms with van der Waals surface area (Å²) in [5.41, 5.74) is 5.42. The van der Waals surface area contributed by atoms with Crippen molar-refractivity contribution < 1.29 is 4.79 Å². The van der Waals surface area contributed by atoms with Crippen LogP contribution in [0.2, 0.25) is 0 Å². The van der Waals surface area contributed by atoms with Gasteiger partial charge in [-0.2, -0.15) is 11.8 Å². The highest BCUT2D eigenvalue weighted by Gasteiger charge is 2.40. The third kappa shape index (κ3) is 2.72. The summed E-state index contributed by atoms with van der Waals surface area (Å²) in [5, 5.41) is 3.03. The third-order valence-corrected chi connectivity index (χ3v) is 5.58. The molecule has 16 heavy (non-hydrogen) atoms. The monoisotopic (exact) mass is 244 g/mol. The van der Waals surface area contributed by atoms with E-state index < -0.39 is 5.54 Å². The number of nitrogens with one attached hydrogen (secondary N) is 1. The first-order valence-corrected chi connectivity index (χ1v) is 7.37. The summed E-state index contributed by atoms with van der Waals surface area (Å²) in [6, 6.07) is 0. The molecular weight excluding hydrogens is 220 g/mol. The molecule has 4 heteroatoms. The molecule has 0 unspecified atom stereocenters. The highest BCUT2D eigenvalue weighted by Crippen LogP contribution is 2.31. The molecule has 1 amide bonds. The van der Waals surface area contributed by atoms with Gasteiger partial charge in [-0.05, 0) is 38.4 Å². The minimum absolute atomic E-state index is 0.0408. The maximum atomic E-state index is 11.9. The molecule has 1 fully saturated rings. The molecule has 0 bridgehead atoms. The Morgan fingerprint density at radius 1 is 1.44 bits per heavy atom. The lowest BCUT2D eigenvalue weighted by molar-refractivity contribution is -0.129. The van der Waals surface area contributed by atoms with Crippen LogP contribution in [-0.4, -0.2) is 29.0 Å². The number of rotatable bonds is 6. The second-order valence-electron chi connectivity index (χ2n) is 4.79. The molecule has 0 heterocycles. The Hall–Kier alpha value is -0.220. The third-order valence-electron chi connectivity index (χ3n) is 3.99. The van der Waals surface area contributed by atoms with Gasteiger partial charge in [0.15, 0.2) is 0 Å². The van der Waals surface area contributed by atoms with Crippen LogP contribution in [0.3, 0.4) is 0 Å². The van der Waals surface area contributed by atoms with Gasteiger partial charge in [0, 0.05) is 11.3 Å². The van der Waals surface area contributed by atoms with Crippen LogP contribution in [-0.2, 0) is 4.79 Å². The average molecular weight is 244 g/mol. The normalized spacial score (nSPS) is 19.0. The summed E-state index contributed by atoms with van der Waals surface area (Å²) in [6.45, 7) is 5.08. The fourth-order valence-electron chi connectivity index (χ4n) is 2.06. The minimum Gasteiger partial charge on any atom is -0.353 e. The van der Waals surface area contributed by atoms with Gasteiger partial charge >= 0.3 is 0 Å². The smallest absolute Gasteiger partial charge is 0.240 e. The Bertz CT molecular complexity index is 239. The van der Waals surface area contributed by atoms with Crippen molar-refractivity contribution in [2.24, 2.45) is 5.73 Å². The van der Waals surface area contributed by atoms with Crippen LogP contribution in [0.1, 0.15) is 46.0 Å². The van der Waals surface area contributed by atoms with Crippen LogP contribution < -0.4 is 11.1 Å². The van der Waals surface area contributed by atoms with Crippen molar-refractivity contribution in [3.63, 3.8) is 0 Å². The fraction of sp³-hybridized carbons (Fsp3) is 0.917. The minimum atomic E-state index is -0.564. The highest BCUT2D eigenvalue weighted by atomic mass is 32.2.